The Labute approximate surface area is 69.3 Å². The molecule has 0 aliphatic heterocycles. The summed E-state index contributed by atoms with van der Waals surface area (Å²) >= 11 is 0. The van der Waals surface area contributed by atoms with E-state index in [0.29, 0.717) is 0 Å². The quantitative estimate of drug-likeness (QED) is 0.530. The zero-order valence-electron chi connectivity index (χ0n) is 6.35. The fourth-order valence-electron chi connectivity index (χ4n) is 1.70. The molecule has 60 valence electrons. The highest BCUT2D eigenvalue weighted by molar-refractivity contribution is 5.34. The summed E-state index contributed by atoms with van der Waals surface area (Å²) in [6.07, 6.45) is 3.96. The van der Waals surface area contributed by atoms with Crippen LogP contribution in [0.2, 0.25) is 0 Å². The van der Waals surface area contributed by atoms with Gasteiger partial charge in [-0.15, -0.1) is 0 Å². The van der Waals surface area contributed by atoms with Crippen LogP contribution in [0.1, 0.15) is 30.5 Å². The molecule has 1 aromatic rings. The minimum Gasteiger partial charge on any atom is -0.0776 e. The van der Waals surface area contributed by atoms with Crippen LogP contribution in [0.25, 0.3) is 0 Å². The topological polar surface area (TPSA) is 0 Å². The summed E-state index contributed by atoms with van der Waals surface area (Å²) in [6, 6.07) is 6.81. The largest absolute Gasteiger partial charge is 0.0776 e. The van der Waals surface area contributed by atoms with E-state index in [4.69, 9.17) is 0 Å². The summed E-state index contributed by atoms with van der Waals surface area (Å²) in [6.45, 7) is 2.17. The first-order valence-electron chi connectivity index (χ1n) is 3.95. The van der Waals surface area contributed by atoms with Gasteiger partial charge in [0.25, 0.3) is 0 Å². The molecule has 0 saturated carbocycles. The van der Waals surface area contributed by atoms with E-state index in [9.17, 15) is 0 Å². The molecule has 11 heavy (non-hydrogen) atoms. The predicted octanol–water partition coefficient (Wildman–Crippen LogP) is 3.12. The lowest BCUT2D eigenvalue weighted by atomic mass is 10.1. The van der Waals surface area contributed by atoms with E-state index in [2.05, 4.69) is 25.1 Å². The van der Waals surface area contributed by atoms with Crippen LogP contribution < -0.4 is 0 Å². The molecule has 0 unspecified atom stereocenters. The lowest BCUT2D eigenvalue weighted by Crippen LogP contribution is -1.81. The van der Waals surface area contributed by atoms with Gasteiger partial charge in [0.1, 0.15) is 0 Å². The molecule has 0 heteroatoms. The van der Waals surface area contributed by atoms with Crippen molar-refractivity contribution in [2.75, 3.05) is 0 Å². The minimum atomic E-state index is 0. The number of fused-ring (bicyclic) bond motifs is 1. The maximum atomic E-state index is 2.32. The zero-order chi connectivity index (χ0) is 6.97. The van der Waals surface area contributed by atoms with Crippen LogP contribution in [0.5, 0.6) is 0 Å². The Hall–Kier alpha value is -0.780. The van der Waals surface area contributed by atoms with E-state index in [1.165, 1.54) is 24.8 Å². The van der Waals surface area contributed by atoms with Crippen LogP contribution in [-0.2, 0) is 12.8 Å². The maximum Gasteiger partial charge on any atom is -0.0273 e. The summed E-state index contributed by atoms with van der Waals surface area (Å²) in [5.41, 5.74) is 4.56. The molecule has 1 aliphatic rings. The molecular formula is C11H16. The summed E-state index contributed by atoms with van der Waals surface area (Å²) in [4.78, 5) is 0. The number of rotatable bonds is 0. The summed E-state index contributed by atoms with van der Waals surface area (Å²) in [5, 5.41) is 0. The average Bonchev–Trinajstić information content (AvgIpc) is 2.33. The Balaban J connectivity index is 0.000000605. The van der Waals surface area contributed by atoms with Crippen LogP contribution in [0.3, 0.4) is 0 Å². The molecule has 1 aliphatic carbocycles. The third kappa shape index (κ3) is 1.45. The highest BCUT2D eigenvalue weighted by Gasteiger charge is 2.08. The Bertz CT molecular complexity index is 248. The molecule has 0 atom stereocenters. The van der Waals surface area contributed by atoms with Gasteiger partial charge < -0.3 is 0 Å². The molecule has 0 bridgehead atoms. The molecule has 0 saturated heterocycles. The maximum absolute atomic E-state index is 2.32. The third-order valence-electron chi connectivity index (χ3n) is 2.25. The van der Waals surface area contributed by atoms with Crippen LogP contribution in [0.4, 0.5) is 0 Å². The summed E-state index contributed by atoms with van der Waals surface area (Å²) < 4.78 is 0. The smallest absolute Gasteiger partial charge is 0.0273 e. The van der Waals surface area contributed by atoms with Crippen molar-refractivity contribution in [2.45, 2.75) is 33.6 Å². The van der Waals surface area contributed by atoms with E-state index < -0.39 is 0 Å². The molecule has 0 amide bonds. The van der Waals surface area contributed by atoms with E-state index in [1.807, 2.05) is 0 Å². The molecule has 1 aromatic carbocycles. The Morgan fingerprint density at radius 2 is 1.82 bits per heavy atom. The van der Waals surface area contributed by atoms with Crippen LogP contribution in [-0.4, -0.2) is 0 Å². The van der Waals surface area contributed by atoms with Gasteiger partial charge in [-0.2, -0.15) is 0 Å². The third-order valence-corrected chi connectivity index (χ3v) is 2.25. The minimum absolute atomic E-state index is 0. The molecule has 0 aromatic heterocycles. The van der Waals surface area contributed by atoms with Crippen molar-refractivity contribution in [3.8, 4) is 0 Å². The lowest BCUT2D eigenvalue weighted by Gasteiger charge is -1.98. The standard InChI is InChI=1S/C10H12.CH4/c1-8-5-6-9-3-2-4-10(9)7-8;/h5-7H,2-4H2,1H3;1H4. The van der Waals surface area contributed by atoms with E-state index in [-0.39, 0.29) is 7.43 Å². The molecule has 2 rings (SSSR count). The van der Waals surface area contributed by atoms with Crippen LogP contribution in [0, 0.1) is 6.92 Å². The normalized spacial score (nSPS) is 13.9. The summed E-state index contributed by atoms with van der Waals surface area (Å²) in [7, 11) is 0. The van der Waals surface area contributed by atoms with Gasteiger partial charge in [0, 0.05) is 0 Å². The molecule has 0 nitrogen and oxygen atoms in total. The highest BCUT2D eigenvalue weighted by atomic mass is 14.1. The second-order valence-corrected chi connectivity index (χ2v) is 3.13. The number of hydrogen-bond acceptors (Lipinski definition) is 0. The van der Waals surface area contributed by atoms with Gasteiger partial charge >= 0.3 is 0 Å². The molecule has 0 spiro atoms. The van der Waals surface area contributed by atoms with Gasteiger partial charge in [-0.1, -0.05) is 31.2 Å². The first-order chi connectivity index (χ1) is 4.86. The van der Waals surface area contributed by atoms with Gasteiger partial charge in [0.2, 0.25) is 0 Å². The van der Waals surface area contributed by atoms with E-state index in [1.54, 1.807) is 11.1 Å². The van der Waals surface area contributed by atoms with Gasteiger partial charge in [-0.05, 0) is 37.3 Å². The fourth-order valence-corrected chi connectivity index (χ4v) is 1.70. The van der Waals surface area contributed by atoms with Crippen LogP contribution >= 0.6 is 0 Å². The number of benzene rings is 1. The van der Waals surface area contributed by atoms with Gasteiger partial charge in [0.15, 0.2) is 0 Å². The molecule has 0 fully saturated rings. The fraction of sp³-hybridized carbons (Fsp3) is 0.455. The van der Waals surface area contributed by atoms with Crippen molar-refractivity contribution in [3.63, 3.8) is 0 Å². The first kappa shape index (κ1) is 8.32. The highest BCUT2D eigenvalue weighted by Crippen LogP contribution is 2.22. The Morgan fingerprint density at radius 3 is 2.64 bits per heavy atom. The Morgan fingerprint density at radius 1 is 1.09 bits per heavy atom. The second-order valence-electron chi connectivity index (χ2n) is 3.13. The molecule has 0 N–H and O–H groups in total. The van der Waals surface area contributed by atoms with Crippen molar-refractivity contribution < 1.29 is 0 Å². The first-order valence-corrected chi connectivity index (χ1v) is 3.95. The molecule has 0 heterocycles. The SMILES string of the molecule is C.Cc1ccc2c(c1)CCC2. The van der Waals surface area contributed by atoms with Crippen molar-refractivity contribution in [2.24, 2.45) is 0 Å². The van der Waals surface area contributed by atoms with Crippen molar-refractivity contribution >= 4 is 0 Å². The second kappa shape index (κ2) is 3.08. The predicted molar refractivity (Wildman–Crippen MR) is 49.9 cm³/mol. The van der Waals surface area contributed by atoms with E-state index >= 15 is 0 Å². The number of hydrogen-bond donors (Lipinski definition) is 0. The van der Waals surface area contributed by atoms with Crippen molar-refractivity contribution in [3.05, 3.63) is 34.9 Å². The van der Waals surface area contributed by atoms with Gasteiger partial charge in [0.05, 0.1) is 0 Å². The van der Waals surface area contributed by atoms with Gasteiger partial charge in [-0.25, -0.2) is 0 Å². The molecule has 0 radical (unpaired) electrons. The monoisotopic (exact) mass is 148 g/mol. The van der Waals surface area contributed by atoms with E-state index in [0.717, 1.165) is 0 Å². The van der Waals surface area contributed by atoms with Crippen LogP contribution in [0.15, 0.2) is 18.2 Å². The summed E-state index contributed by atoms with van der Waals surface area (Å²) in [5.74, 6) is 0. The molecular weight excluding hydrogens is 132 g/mol. The lowest BCUT2D eigenvalue weighted by molar-refractivity contribution is 0.911. The number of aryl methyl sites for hydroxylation is 3. The Kier molecular flexibility index (Phi) is 2.33. The average molecular weight is 148 g/mol. The van der Waals surface area contributed by atoms with Crippen molar-refractivity contribution in [1.82, 2.24) is 0 Å². The zero-order valence-corrected chi connectivity index (χ0v) is 6.35. The van der Waals surface area contributed by atoms with Gasteiger partial charge in [-0.3, -0.25) is 0 Å². The van der Waals surface area contributed by atoms with Crippen molar-refractivity contribution in [1.29, 1.82) is 0 Å².